The van der Waals surface area contributed by atoms with Gasteiger partial charge in [0.15, 0.2) is 0 Å². The number of nitrogens with zero attached hydrogens (tertiary/aromatic N) is 1. The van der Waals surface area contributed by atoms with Gasteiger partial charge >= 0.3 is 5.97 Å². The van der Waals surface area contributed by atoms with E-state index >= 15 is 0 Å². The second kappa shape index (κ2) is 8.71. The summed E-state index contributed by atoms with van der Waals surface area (Å²) in [6.45, 7) is 8.75. The Bertz CT molecular complexity index is 325. The quantitative estimate of drug-likeness (QED) is 0.683. The Labute approximate surface area is 129 Å². The van der Waals surface area contributed by atoms with E-state index in [1.54, 1.807) is 7.11 Å². The van der Waals surface area contributed by atoms with Crippen LogP contribution in [-0.2, 0) is 9.53 Å². The summed E-state index contributed by atoms with van der Waals surface area (Å²) in [4.78, 5) is 14.2. The third-order valence-corrected chi connectivity index (χ3v) is 4.66. The zero-order valence-electron chi connectivity index (χ0n) is 14.0. The number of hydrogen-bond acceptors (Lipinski definition) is 4. The standard InChI is InChI=1S/C16H32N2O3/c1-5-10-17-16(15(19)20)9-7-8-14(11-16)18(6-2)13(3)12-21-4/h13-14,17H,5-12H2,1-4H3,(H,19,20). The van der Waals surface area contributed by atoms with E-state index in [0.29, 0.717) is 25.1 Å². The van der Waals surface area contributed by atoms with Crippen LogP contribution < -0.4 is 5.32 Å². The molecule has 5 heteroatoms. The van der Waals surface area contributed by atoms with Gasteiger partial charge in [-0.15, -0.1) is 0 Å². The molecule has 0 aromatic heterocycles. The van der Waals surface area contributed by atoms with Crippen LogP contribution in [0.5, 0.6) is 0 Å². The first-order valence-electron chi connectivity index (χ1n) is 8.23. The van der Waals surface area contributed by atoms with Crippen molar-refractivity contribution >= 4 is 5.97 Å². The summed E-state index contributed by atoms with van der Waals surface area (Å²) in [6.07, 6.45) is 4.41. The lowest BCUT2D eigenvalue weighted by atomic mass is 9.78. The monoisotopic (exact) mass is 300 g/mol. The number of hydrogen-bond donors (Lipinski definition) is 2. The molecule has 0 aromatic rings. The lowest BCUT2D eigenvalue weighted by Gasteiger charge is -2.44. The maximum atomic E-state index is 11.8. The van der Waals surface area contributed by atoms with Gasteiger partial charge in [0.1, 0.15) is 5.54 Å². The molecule has 1 aliphatic rings. The summed E-state index contributed by atoms with van der Waals surface area (Å²) in [5.74, 6) is -0.698. The number of nitrogens with one attached hydrogen (secondary N) is 1. The molecule has 124 valence electrons. The van der Waals surface area contributed by atoms with E-state index in [0.717, 1.165) is 38.8 Å². The van der Waals surface area contributed by atoms with Crippen LogP contribution in [0.4, 0.5) is 0 Å². The smallest absolute Gasteiger partial charge is 0.323 e. The SMILES string of the molecule is CCCNC1(C(=O)O)CCCC(N(CC)C(C)COC)C1. The van der Waals surface area contributed by atoms with Crippen LogP contribution in [0.1, 0.15) is 52.9 Å². The van der Waals surface area contributed by atoms with Gasteiger partial charge in [-0.05, 0) is 52.1 Å². The lowest BCUT2D eigenvalue weighted by Crippen LogP contribution is -2.59. The van der Waals surface area contributed by atoms with Crippen molar-refractivity contribution in [3.05, 3.63) is 0 Å². The Balaban J connectivity index is 2.81. The average Bonchev–Trinajstić information content (AvgIpc) is 2.46. The molecule has 21 heavy (non-hydrogen) atoms. The highest BCUT2D eigenvalue weighted by atomic mass is 16.5. The van der Waals surface area contributed by atoms with E-state index in [9.17, 15) is 9.90 Å². The van der Waals surface area contributed by atoms with Crippen molar-refractivity contribution in [2.45, 2.75) is 70.5 Å². The van der Waals surface area contributed by atoms with Gasteiger partial charge < -0.3 is 15.2 Å². The van der Waals surface area contributed by atoms with Gasteiger partial charge in [0.25, 0.3) is 0 Å². The van der Waals surface area contributed by atoms with Crippen molar-refractivity contribution in [2.24, 2.45) is 0 Å². The first kappa shape index (κ1) is 18.4. The normalized spacial score (nSPS) is 27.8. The predicted molar refractivity (Wildman–Crippen MR) is 84.6 cm³/mol. The summed E-state index contributed by atoms with van der Waals surface area (Å²) in [5.41, 5.74) is -0.751. The van der Waals surface area contributed by atoms with E-state index in [2.05, 4.69) is 31.0 Å². The first-order valence-corrected chi connectivity index (χ1v) is 8.23. The fraction of sp³-hybridized carbons (Fsp3) is 0.938. The Morgan fingerprint density at radius 3 is 2.76 bits per heavy atom. The molecule has 0 aromatic carbocycles. The van der Waals surface area contributed by atoms with E-state index in [-0.39, 0.29) is 0 Å². The largest absolute Gasteiger partial charge is 0.480 e. The fourth-order valence-corrected chi connectivity index (χ4v) is 3.59. The van der Waals surface area contributed by atoms with Crippen LogP contribution >= 0.6 is 0 Å². The number of carbonyl (C=O) groups is 1. The minimum absolute atomic E-state index is 0.314. The van der Waals surface area contributed by atoms with Crippen molar-refractivity contribution in [1.82, 2.24) is 10.2 Å². The van der Waals surface area contributed by atoms with Crippen molar-refractivity contribution in [1.29, 1.82) is 0 Å². The summed E-state index contributed by atoms with van der Waals surface area (Å²) in [6, 6.07) is 0.634. The second-order valence-electron chi connectivity index (χ2n) is 6.20. The van der Waals surface area contributed by atoms with Crippen LogP contribution in [0.3, 0.4) is 0 Å². The minimum Gasteiger partial charge on any atom is -0.480 e. The Kier molecular flexibility index (Phi) is 7.63. The van der Waals surface area contributed by atoms with Gasteiger partial charge in [-0.2, -0.15) is 0 Å². The van der Waals surface area contributed by atoms with Crippen molar-refractivity contribution in [2.75, 3.05) is 26.8 Å². The lowest BCUT2D eigenvalue weighted by molar-refractivity contribution is -0.147. The van der Waals surface area contributed by atoms with Gasteiger partial charge in [-0.3, -0.25) is 9.69 Å². The molecule has 1 aliphatic carbocycles. The zero-order chi connectivity index (χ0) is 15.9. The van der Waals surface area contributed by atoms with Crippen LogP contribution in [0.15, 0.2) is 0 Å². The molecule has 0 heterocycles. The molecule has 0 aliphatic heterocycles. The summed E-state index contributed by atoms with van der Waals surface area (Å²) in [5, 5.41) is 13.0. The van der Waals surface area contributed by atoms with Crippen molar-refractivity contribution in [3.63, 3.8) is 0 Å². The topological polar surface area (TPSA) is 61.8 Å². The maximum Gasteiger partial charge on any atom is 0.323 e. The Morgan fingerprint density at radius 1 is 1.52 bits per heavy atom. The molecule has 3 unspecified atom stereocenters. The third kappa shape index (κ3) is 4.66. The molecule has 1 saturated carbocycles. The maximum absolute atomic E-state index is 11.8. The third-order valence-electron chi connectivity index (χ3n) is 4.66. The molecule has 0 amide bonds. The van der Waals surface area contributed by atoms with Gasteiger partial charge in [0.2, 0.25) is 0 Å². The van der Waals surface area contributed by atoms with Crippen LogP contribution in [0, 0.1) is 0 Å². The molecule has 1 fully saturated rings. The van der Waals surface area contributed by atoms with E-state index in [1.165, 1.54) is 0 Å². The molecule has 0 saturated heterocycles. The number of rotatable bonds is 9. The molecule has 0 radical (unpaired) electrons. The van der Waals surface area contributed by atoms with Gasteiger partial charge in [-0.25, -0.2) is 0 Å². The molecule has 1 rings (SSSR count). The van der Waals surface area contributed by atoms with Crippen LogP contribution in [0.2, 0.25) is 0 Å². The summed E-state index contributed by atoms with van der Waals surface area (Å²) < 4.78 is 5.27. The number of aliphatic carboxylic acids is 1. The number of ether oxygens (including phenoxy) is 1. The highest BCUT2D eigenvalue weighted by Crippen LogP contribution is 2.32. The summed E-state index contributed by atoms with van der Waals surface area (Å²) >= 11 is 0. The van der Waals surface area contributed by atoms with E-state index < -0.39 is 11.5 Å². The predicted octanol–water partition coefficient (Wildman–Crippen LogP) is 2.11. The van der Waals surface area contributed by atoms with Crippen molar-refractivity contribution < 1.29 is 14.6 Å². The number of carboxylic acid groups (broad SMARTS) is 1. The Hall–Kier alpha value is -0.650. The molecule has 0 bridgehead atoms. The molecule has 2 N–H and O–H groups in total. The molecular formula is C16H32N2O3. The zero-order valence-corrected chi connectivity index (χ0v) is 14.0. The Morgan fingerprint density at radius 2 is 2.24 bits per heavy atom. The first-order chi connectivity index (χ1) is 10.0. The number of methoxy groups -OCH3 is 1. The van der Waals surface area contributed by atoms with E-state index in [4.69, 9.17) is 4.74 Å². The van der Waals surface area contributed by atoms with Gasteiger partial charge in [0.05, 0.1) is 6.61 Å². The molecule has 5 nitrogen and oxygen atoms in total. The van der Waals surface area contributed by atoms with E-state index in [1.807, 2.05) is 0 Å². The van der Waals surface area contributed by atoms with Gasteiger partial charge in [0, 0.05) is 19.2 Å². The average molecular weight is 300 g/mol. The van der Waals surface area contributed by atoms with Crippen LogP contribution in [-0.4, -0.2) is 60.4 Å². The number of carboxylic acids is 1. The highest BCUT2D eigenvalue weighted by molar-refractivity contribution is 5.79. The fourth-order valence-electron chi connectivity index (χ4n) is 3.59. The molecule has 3 atom stereocenters. The summed E-state index contributed by atoms with van der Waals surface area (Å²) in [7, 11) is 1.72. The second-order valence-corrected chi connectivity index (χ2v) is 6.20. The van der Waals surface area contributed by atoms with Gasteiger partial charge in [-0.1, -0.05) is 13.8 Å². The molecule has 0 spiro atoms. The number of likely N-dealkylation sites (N-methyl/N-ethyl adjacent to an activating group) is 1. The highest BCUT2D eigenvalue weighted by Gasteiger charge is 2.44. The minimum atomic E-state index is -0.751. The van der Waals surface area contributed by atoms with Crippen molar-refractivity contribution in [3.8, 4) is 0 Å². The molecular weight excluding hydrogens is 268 g/mol. The van der Waals surface area contributed by atoms with Crippen LogP contribution in [0.25, 0.3) is 0 Å².